The summed E-state index contributed by atoms with van der Waals surface area (Å²) < 4.78 is 0. The Kier molecular flexibility index (Phi) is 2.71. The number of thiocarbonyl (C=S) groups is 1. The van der Waals surface area contributed by atoms with Gasteiger partial charge in [0.2, 0.25) is 0 Å². The fraction of sp³-hybridized carbons (Fsp3) is 0.875. The molecule has 0 saturated heterocycles. The highest BCUT2D eigenvalue weighted by Gasteiger charge is 2.37. The van der Waals surface area contributed by atoms with E-state index < -0.39 is 0 Å². The Hall–Kier alpha value is -0.310. The van der Waals surface area contributed by atoms with Crippen LogP contribution in [0.25, 0.3) is 0 Å². The second kappa shape index (κ2) is 3.39. The van der Waals surface area contributed by atoms with Gasteiger partial charge in [0, 0.05) is 12.1 Å². The zero-order valence-electron chi connectivity index (χ0n) is 7.24. The number of rotatable bonds is 3. The summed E-state index contributed by atoms with van der Waals surface area (Å²) in [6.07, 6.45) is 3.63. The van der Waals surface area contributed by atoms with Gasteiger partial charge in [0.1, 0.15) is 0 Å². The van der Waals surface area contributed by atoms with Crippen LogP contribution in [0.3, 0.4) is 0 Å². The number of hydrogen-bond donors (Lipinski definition) is 2. The van der Waals surface area contributed by atoms with Crippen LogP contribution in [0.15, 0.2) is 0 Å². The highest BCUT2D eigenvalue weighted by atomic mass is 32.1. The Balaban J connectivity index is 2.11. The van der Waals surface area contributed by atoms with Gasteiger partial charge in [-0.1, -0.05) is 6.92 Å². The first-order chi connectivity index (χ1) is 5.16. The lowest BCUT2D eigenvalue weighted by molar-refractivity contribution is 0.651. The van der Waals surface area contributed by atoms with Gasteiger partial charge in [-0.2, -0.15) is 0 Å². The smallest absolute Gasteiger partial charge is 0.166 e. The van der Waals surface area contributed by atoms with Gasteiger partial charge in [0.05, 0.1) is 0 Å². The van der Waals surface area contributed by atoms with Gasteiger partial charge >= 0.3 is 0 Å². The van der Waals surface area contributed by atoms with Crippen molar-refractivity contribution in [1.29, 1.82) is 0 Å². The van der Waals surface area contributed by atoms with Crippen LogP contribution in [0.1, 0.15) is 33.1 Å². The van der Waals surface area contributed by atoms with Crippen molar-refractivity contribution < 1.29 is 0 Å². The van der Waals surface area contributed by atoms with Crippen molar-refractivity contribution in [2.45, 2.75) is 38.6 Å². The molecule has 0 radical (unpaired) electrons. The summed E-state index contributed by atoms with van der Waals surface area (Å²) in [5.74, 6) is 0. The minimum absolute atomic E-state index is 0.317. The molecule has 64 valence electrons. The van der Waals surface area contributed by atoms with Crippen LogP contribution in [0.4, 0.5) is 0 Å². The summed E-state index contributed by atoms with van der Waals surface area (Å²) in [7, 11) is 0. The predicted molar refractivity (Wildman–Crippen MR) is 51.7 cm³/mol. The van der Waals surface area contributed by atoms with Gasteiger partial charge in [-0.05, 0) is 38.4 Å². The van der Waals surface area contributed by atoms with Gasteiger partial charge in [-0.3, -0.25) is 0 Å². The maximum Gasteiger partial charge on any atom is 0.166 e. The second-order valence-electron chi connectivity index (χ2n) is 3.44. The lowest BCUT2D eigenvalue weighted by Gasteiger charge is -2.14. The molecule has 1 aliphatic carbocycles. The van der Waals surface area contributed by atoms with Crippen molar-refractivity contribution in [3.8, 4) is 0 Å². The van der Waals surface area contributed by atoms with Crippen molar-refractivity contribution in [3.63, 3.8) is 0 Å². The topological polar surface area (TPSA) is 24.1 Å². The molecule has 11 heavy (non-hydrogen) atoms. The highest BCUT2D eigenvalue weighted by Crippen LogP contribution is 2.33. The van der Waals surface area contributed by atoms with E-state index in [1.165, 1.54) is 12.8 Å². The summed E-state index contributed by atoms with van der Waals surface area (Å²) in [5, 5.41) is 7.25. The van der Waals surface area contributed by atoms with Crippen LogP contribution in [-0.2, 0) is 0 Å². The molecular weight excluding hydrogens is 156 g/mol. The van der Waals surface area contributed by atoms with Crippen LogP contribution in [0, 0.1) is 0 Å². The van der Waals surface area contributed by atoms with Crippen molar-refractivity contribution in [3.05, 3.63) is 0 Å². The van der Waals surface area contributed by atoms with Crippen LogP contribution >= 0.6 is 12.2 Å². The summed E-state index contributed by atoms with van der Waals surface area (Å²) in [6.45, 7) is 5.31. The third-order valence-corrected chi connectivity index (χ3v) is 2.20. The molecule has 0 aromatic rings. The summed E-state index contributed by atoms with van der Waals surface area (Å²) in [4.78, 5) is 0. The zero-order valence-corrected chi connectivity index (χ0v) is 8.05. The van der Waals surface area contributed by atoms with Crippen LogP contribution in [0.2, 0.25) is 0 Å². The maximum absolute atomic E-state index is 5.09. The van der Waals surface area contributed by atoms with E-state index in [4.69, 9.17) is 12.2 Å². The minimum atomic E-state index is 0.317. The minimum Gasteiger partial charge on any atom is -0.363 e. The zero-order chi connectivity index (χ0) is 8.32. The van der Waals surface area contributed by atoms with E-state index in [1.807, 2.05) is 0 Å². The molecule has 0 atom stereocenters. The van der Waals surface area contributed by atoms with Gasteiger partial charge < -0.3 is 10.6 Å². The first-order valence-corrected chi connectivity index (χ1v) is 4.63. The average molecular weight is 172 g/mol. The molecule has 0 unspecified atom stereocenters. The third kappa shape index (κ3) is 3.06. The van der Waals surface area contributed by atoms with Crippen molar-refractivity contribution in [2.75, 3.05) is 6.54 Å². The van der Waals surface area contributed by atoms with Gasteiger partial charge in [0.25, 0.3) is 0 Å². The van der Waals surface area contributed by atoms with Gasteiger partial charge in [-0.25, -0.2) is 0 Å². The first-order valence-electron chi connectivity index (χ1n) is 4.22. The molecule has 0 amide bonds. The van der Waals surface area contributed by atoms with Gasteiger partial charge in [-0.15, -0.1) is 0 Å². The van der Waals surface area contributed by atoms with Gasteiger partial charge in [0.15, 0.2) is 5.11 Å². The molecule has 3 heteroatoms. The number of hydrogen-bond acceptors (Lipinski definition) is 1. The molecule has 1 rings (SSSR count). The maximum atomic E-state index is 5.09. The molecule has 0 heterocycles. The SMILES string of the molecule is CCCNC(=S)NC1(C)CC1. The molecule has 0 bridgehead atoms. The lowest BCUT2D eigenvalue weighted by Crippen LogP contribution is -2.42. The van der Waals surface area contributed by atoms with E-state index in [-0.39, 0.29) is 0 Å². The summed E-state index contributed by atoms with van der Waals surface area (Å²) >= 11 is 5.09. The fourth-order valence-electron chi connectivity index (χ4n) is 0.869. The molecule has 0 aromatic heterocycles. The molecule has 0 spiro atoms. The largest absolute Gasteiger partial charge is 0.363 e. The fourth-order valence-corrected chi connectivity index (χ4v) is 1.22. The molecule has 2 nitrogen and oxygen atoms in total. The predicted octanol–water partition coefficient (Wildman–Crippen LogP) is 1.41. The molecule has 2 N–H and O–H groups in total. The molecular formula is C8H16N2S. The van der Waals surface area contributed by atoms with Crippen molar-refractivity contribution in [1.82, 2.24) is 10.6 Å². The normalized spacial score (nSPS) is 19.1. The van der Waals surface area contributed by atoms with Crippen LogP contribution in [0.5, 0.6) is 0 Å². The summed E-state index contributed by atoms with van der Waals surface area (Å²) in [5.41, 5.74) is 0.317. The Morgan fingerprint density at radius 1 is 1.55 bits per heavy atom. The van der Waals surface area contributed by atoms with E-state index in [9.17, 15) is 0 Å². The van der Waals surface area contributed by atoms with Crippen LogP contribution < -0.4 is 10.6 Å². The second-order valence-corrected chi connectivity index (χ2v) is 3.85. The summed E-state index contributed by atoms with van der Waals surface area (Å²) in [6, 6.07) is 0. The van der Waals surface area contributed by atoms with E-state index in [1.54, 1.807) is 0 Å². The Morgan fingerprint density at radius 2 is 2.18 bits per heavy atom. The Bertz CT molecular complexity index is 152. The molecule has 1 fully saturated rings. The standard InChI is InChI=1S/C8H16N2S/c1-3-6-9-7(11)10-8(2)4-5-8/h3-6H2,1-2H3,(H2,9,10,11). The number of nitrogens with one attached hydrogen (secondary N) is 2. The van der Waals surface area contributed by atoms with E-state index in [0.29, 0.717) is 5.54 Å². The third-order valence-electron chi connectivity index (χ3n) is 1.95. The molecule has 0 aliphatic heterocycles. The molecule has 1 aliphatic rings. The average Bonchev–Trinajstić information content (AvgIpc) is 2.63. The van der Waals surface area contributed by atoms with Crippen LogP contribution in [-0.4, -0.2) is 17.2 Å². The molecule has 0 aromatic carbocycles. The van der Waals surface area contributed by atoms with Crippen molar-refractivity contribution >= 4 is 17.3 Å². The van der Waals surface area contributed by atoms with E-state index in [2.05, 4.69) is 24.5 Å². The Labute approximate surface area is 73.7 Å². The van der Waals surface area contributed by atoms with E-state index >= 15 is 0 Å². The monoisotopic (exact) mass is 172 g/mol. The molecule has 1 saturated carbocycles. The van der Waals surface area contributed by atoms with Crippen molar-refractivity contribution in [2.24, 2.45) is 0 Å². The lowest BCUT2D eigenvalue weighted by atomic mass is 10.3. The quantitative estimate of drug-likeness (QED) is 0.629. The van der Waals surface area contributed by atoms with E-state index in [0.717, 1.165) is 18.1 Å². The first kappa shape index (κ1) is 8.78. The Morgan fingerprint density at radius 3 is 2.64 bits per heavy atom. The highest BCUT2D eigenvalue weighted by molar-refractivity contribution is 7.80.